The maximum atomic E-state index is 12.1. The van der Waals surface area contributed by atoms with Crippen LogP contribution in [0.4, 0.5) is 0 Å². The van der Waals surface area contributed by atoms with Crippen LogP contribution in [-0.2, 0) is 6.54 Å². The van der Waals surface area contributed by atoms with Gasteiger partial charge in [-0.2, -0.15) is 0 Å². The number of nitrogens with one attached hydrogen (secondary N) is 1. The molecule has 0 aliphatic carbocycles. The minimum atomic E-state index is -0.138. The van der Waals surface area contributed by atoms with Crippen molar-refractivity contribution in [3.8, 4) is 22.4 Å². The molecule has 0 aliphatic rings. The first kappa shape index (κ1) is 16.8. The summed E-state index contributed by atoms with van der Waals surface area (Å²) < 4.78 is 5.36. The van der Waals surface area contributed by atoms with E-state index in [-0.39, 0.29) is 5.91 Å². The summed E-state index contributed by atoms with van der Waals surface area (Å²) in [6.45, 7) is 0.294. The van der Waals surface area contributed by atoms with Crippen molar-refractivity contribution in [1.29, 1.82) is 0 Å². The summed E-state index contributed by atoms with van der Waals surface area (Å²) in [6.07, 6.45) is 0. The number of nitrogens with zero attached hydrogens (tertiary/aromatic N) is 1. The molecule has 1 N–H and O–H groups in total. The number of benzene rings is 3. The fourth-order valence-corrected chi connectivity index (χ4v) is 2.86. The van der Waals surface area contributed by atoms with Crippen molar-refractivity contribution in [3.63, 3.8) is 0 Å². The average Bonchev–Trinajstić information content (AvgIpc) is 3.22. The Labute approximate surface area is 157 Å². The minimum Gasteiger partial charge on any atom is -0.359 e. The predicted octanol–water partition coefficient (Wildman–Crippen LogP) is 4.94. The van der Waals surface area contributed by atoms with E-state index < -0.39 is 0 Å². The second kappa shape index (κ2) is 7.70. The lowest BCUT2D eigenvalue weighted by molar-refractivity contribution is 0.0947. The third-order valence-corrected chi connectivity index (χ3v) is 4.31. The number of hydrogen-bond acceptors (Lipinski definition) is 3. The second-order valence-electron chi connectivity index (χ2n) is 6.17. The molecule has 0 fully saturated rings. The predicted molar refractivity (Wildman–Crippen MR) is 105 cm³/mol. The summed E-state index contributed by atoms with van der Waals surface area (Å²) in [4.78, 5) is 12.1. The molecule has 0 aliphatic heterocycles. The van der Waals surface area contributed by atoms with Crippen LogP contribution in [0, 0.1) is 0 Å². The summed E-state index contributed by atoms with van der Waals surface area (Å²) >= 11 is 0. The molecule has 4 rings (SSSR count). The fourth-order valence-electron chi connectivity index (χ4n) is 2.86. The number of aromatic nitrogens is 1. The van der Waals surface area contributed by atoms with Gasteiger partial charge in [0.1, 0.15) is 5.69 Å². The van der Waals surface area contributed by atoms with Gasteiger partial charge in [-0.3, -0.25) is 4.79 Å². The van der Waals surface area contributed by atoms with E-state index in [1.807, 2.05) is 54.6 Å². The van der Waals surface area contributed by atoms with Gasteiger partial charge in [-0.1, -0.05) is 78.0 Å². The number of carbonyl (C=O) groups is 1. The molecular weight excluding hydrogens is 336 g/mol. The molecule has 0 bridgehead atoms. The van der Waals surface area contributed by atoms with Gasteiger partial charge in [0.05, 0.1) is 6.54 Å². The Kier molecular flexibility index (Phi) is 4.79. The van der Waals surface area contributed by atoms with Gasteiger partial charge in [0.25, 0.3) is 5.91 Å². The lowest BCUT2D eigenvalue weighted by Gasteiger charge is -2.02. The van der Waals surface area contributed by atoms with Gasteiger partial charge in [0.15, 0.2) is 5.76 Å². The van der Waals surface area contributed by atoms with Gasteiger partial charge in [0.2, 0.25) is 0 Å². The van der Waals surface area contributed by atoms with E-state index in [0.717, 1.165) is 16.8 Å². The lowest BCUT2D eigenvalue weighted by Crippen LogP contribution is -2.22. The van der Waals surface area contributed by atoms with Crippen molar-refractivity contribution in [3.05, 3.63) is 102 Å². The monoisotopic (exact) mass is 354 g/mol. The van der Waals surface area contributed by atoms with Crippen molar-refractivity contribution in [2.24, 2.45) is 0 Å². The number of rotatable bonds is 5. The van der Waals surface area contributed by atoms with Crippen LogP contribution in [0.15, 0.2) is 95.5 Å². The molecule has 4 heteroatoms. The molecule has 1 aromatic heterocycles. The van der Waals surface area contributed by atoms with Crippen molar-refractivity contribution < 1.29 is 9.32 Å². The van der Waals surface area contributed by atoms with E-state index in [1.165, 1.54) is 5.56 Å². The quantitative estimate of drug-likeness (QED) is 0.552. The highest BCUT2D eigenvalue weighted by Crippen LogP contribution is 2.24. The standard InChI is InChI=1S/C23H18N2O2/c26-23(20-9-5-2-6-10-20)24-16-21-15-22(25-27-21)19-13-11-18(12-14-19)17-7-3-1-4-8-17/h1-15H,16H2,(H,24,26). The first-order valence-corrected chi connectivity index (χ1v) is 8.74. The Balaban J connectivity index is 1.42. The van der Waals surface area contributed by atoms with Crippen LogP contribution in [0.5, 0.6) is 0 Å². The van der Waals surface area contributed by atoms with Gasteiger partial charge in [-0.05, 0) is 23.3 Å². The molecule has 27 heavy (non-hydrogen) atoms. The fraction of sp³-hybridized carbons (Fsp3) is 0.0435. The molecule has 0 saturated carbocycles. The lowest BCUT2D eigenvalue weighted by atomic mass is 10.0. The Morgan fingerprint density at radius 3 is 2.07 bits per heavy atom. The zero-order chi connectivity index (χ0) is 18.5. The van der Waals surface area contributed by atoms with Gasteiger partial charge in [-0.25, -0.2) is 0 Å². The highest BCUT2D eigenvalue weighted by molar-refractivity contribution is 5.94. The molecule has 1 heterocycles. The molecule has 4 nitrogen and oxygen atoms in total. The molecule has 0 spiro atoms. The summed E-state index contributed by atoms with van der Waals surface area (Å²) in [7, 11) is 0. The van der Waals surface area contributed by atoms with Crippen LogP contribution in [0.3, 0.4) is 0 Å². The van der Waals surface area contributed by atoms with E-state index in [2.05, 4.69) is 34.7 Å². The van der Waals surface area contributed by atoms with Crippen molar-refractivity contribution in [2.75, 3.05) is 0 Å². The van der Waals surface area contributed by atoms with E-state index in [1.54, 1.807) is 12.1 Å². The van der Waals surface area contributed by atoms with Crippen LogP contribution in [0.25, 0.3) is 22.4 Å². The second-order valence-corrected chi connectivity index (χ2v) is 6.17. The first-order valence-electron chi connectivity index (χ1n) is 8.74. The molecule has 0 unspecified atom stereocenters. The smallest absolute Gasteiger partial charge is 0.251 e. The van der Waals surface area contributed by atoms with Gasteiger partial charge < -0.3 is 9.84 Å². The number of amides is 1. The third kappa shape index (κ3) is 3.96. The maximum Gasteiger partial charge on any atom is 0.251 e. The molecule has 4 aromatic rings. The van der Waals surface area contributed by atoms with Gasteiger partial charge >= 0.3 is 0 Å². The van der Waals surface area contributed by atoms with Crippen molar-refractivity contribution in [2.45, 2.75) is 6.54 Å². The zero-order valence-electron chi connectivity index (χ0n) is 14.6. The summed E-state index contributed by atoms with van der Waals surface area (Å²) in [5.41, 5.74) is 4.66. The molecule has 0 radical (unpaired) electrons. The maximum absolute atomic E-state index is 12.1. The van der Waals surface area contributed by atoms with Crippen LogP contribution >= 0.6 is 0 Å². The molecule has 0 atom stereocenters. The van der Waals surface area contributed by atoms with E-state index in [9.17, 15) is 4.79 Å². The molecule has 1 amide bonds. The summed E-state index contributed by atoms with van der Waals surface area (Å²) in [5, 5.41) is 6.95. The van der Waals surface area contributed by atoms with E-state index >= 15 is 0 Å². The van der Waals surface area contributed by atoms with Crippen LogP contribution < -0.4 is 5.32 Å². The molecular formula is C23H18N2O2. The first-order chi connectivity index (χ1) is 13.3. The summed E-state index contributed by atoms with van der Waals surface area (Å²) in [5.74, 6) is 0.474. The van der Waals surface area contributed by atoms with Crippen LogP contribution in [-0.4, -0.2) is 11.1 Å². The Hall–Kier alpha value is -3.66. The van der Waals surface area contributed by atoms with Crippen molar-refractivity contribution >= 4 is 5.91 Å². The Morgan fingerprint density at radius 1 is 0.778 bits per heavy atom. The molecule has 3 aromatic carbocycles. The largest absolute Gasteiger partial charge is 0.359 e. The number of hydrogen-bond donors (Lipinski definition) is 1. The van der Waals surface area contributed by atoms with E-state index in [4.69, 9.17) is 4.52 Å². The minimum absolute atomic E-state index is 0.138. The van der Waals surface area contributed by atoms with Gasteiger partial charge in [-0.15, -0.1) is 0 Å². The number of carbonyl (C=O) groups excluding carboxylic acids is 1. The average molecular weight is 354 g/mol. The van der Waals surface area contributed by atoms with Gasteiger partial charge in [0, 0.05) is 17.2 Å². The van der Waals surface area contributed by atoms with Crippen LogP contribution in [0.1, 0.15) is 16.1 Å². The third-order valence-electron chi connectivity index (χ3n) is 4.31. The van der Waals surface area contributed by atoms with Crippen molar-refractivity contribution in [1.82, 2.24) is 10.5 Å². The normalized spacial score (nSPS) is 10.5. The Bertz CT molecular complexity index is 1020. The Morgan fingerprint density at radius 2 is 1.37 bits per heavy atom. The zero-order valence-corrected chi connectivity index (χ0v) is 14.6. The van der Waals surface area contributed by atoms with E-state index in [0.29, 0.717) is 17.9 Å². The highest BCUT2D eigenvalue weighted by atomic mass is 16.5. The molecule has 132 valence electrons. The van der Waals surface area contributed by atoms with Crippen LogP contribution in [0.2, 0.25) is 0 Å². The molecule has 0 saturated heterocycles. The highest BCUT2D eigenvalue weighted by Gasteiger charge is 2.09. The summed E-state index contributed by atoms with van der Waals surface area (Å²) in [6, 6.07) is 29.3. The SMILES string of the molecule is O=C(NCc1cc(-c2ccc(-c3ccccc3)cc2)no1)c1ccccc1. The topological polar surface area (TPSA) is 55.1 Å².